The fraction of sp³-hybridized carbons (Fsp3) is 0.423. The smallest absolute Gasteiger partial charge is 0.493 e. The molecule has 2 rings (SSSR count). The van der Waals surface area contributed by atoms with Crippen LogP contribution in [0, 0.1) is 5.92 Å². The van der Waals surface area contributed by atoms with E-state index in [0.29, 0.717) is 17.1 Å². The van der Waals surface area contributed by atoms with Crippen LogP contribution in [0.25, 0.3) is 0 Å². The van der Waals surface area contributed by atoms with E-state index in [2.05, 4.69) is 10.6 Å². The molecule has 0 bridgehead atoms. The lowest BCUT2D eigenvalue weighted by atomic mass is 9.99. The third-order valence-electron chi connectivity index (χ3n) is 5.29. The molecule has 0 saturated heterocycles. The van der Waals surface area contributed by atoms with E-state index in [4.69, 9.17) is 23.7 Å². The number of methoxy groups -OCH3 is 3. The third-order valence-corrected chi connectivity index (χ3v) is 5.29. The number of rotatable bonds is 13. The number of nitrogens with one attached hydrogen (secondary N) is 2. The van der Waals surface area contributed by atoms with Gasteiger partial charge in [0.1, 0.15) is 25.3 Å². The maximum absolute atomic E-state index is 13.2. The topological polar surface area (TPSA) is 121 Å². The van der Waals surface area contributed by atoms with Crippen molar-refractivity contribution in [3.63, 3.8) is 0 Å². The van der Waals surface area contributed by atoms with Crippen molar-refractivity contribution in [1.29, 1.82) is 0 Å². The largest absolute Gasteiger partial charge is 0.508 e. The number of hydrogen-bond donors (Lipinski definition) is 2. The normalized spacial score (nSPS) is 12.3. The first-order valence-corrected chi connectivity index (χ1v) is 11.5. The fourth-order valence-electron chi connectivity index (χ4n) is 3.36. The lowest BCUT2D eigenvalue weighted by Gasteiger charge is -2.26. The highest BCUT2D eigenvalue weighted by atomic mass is 16.7. The first-order chi connectivity index (χ1) is 17.3. The first kappa shape index (κ1) is 28.4. The van der Waals surface area contributed by atoms with Crippen molar-refractivity contribution in [2.24, 2.45) is 5.92 Å². The van der Waals surface area contributed by atoms with Crippen molar-refractivity contribution in [2.45, 2.75) is 32.5 Å². The average molecular weight is 503 g/mol. The Bertz CT molecular complexity index is 997. The number of hydrogen-bond acceptors (Lipinski definition) is 9. The Labute approximate surface area is 211 Å². The van der Waals surface area contributed by atoms with Crippen molar-refractivity contribution in [3.8, 4) is 11.5 Å². The Hall–Kier alpha value is -3.79. The minimum absolute atomic E-state index is 0.0370. The number of benzene rings is 2. The molecule has 1 amide bonds. The van der Waals surface area contributed by atoms with Gasteiger partial charge in [0, 0.05) is 0 Å². The molecule has 0 radical (unpaired) electrons. The molecule has 0 saturated carbocycles. The molecule has 0 aliphatic rings. The summed E-state index contributed by atoms with van der Waals surface area (Å²) in [5, 5.41) is 5.80. The van der Waals surface area contributed by atoms with Crippen LogP contribution in [0.15, 0.2) is 48.5 Å². The number of esters is 1. The van der Waals surface area contributed by atoms with E-state index in [1.54, 1.807) is 18.2 Å². The van der Waals surface area contributed by atoms with Crippen molar-refractivity contribution >= 4 is 18.0 Å². The molecular weight excluding hydrogens is 468 g/mol. The summed E-state index contributed by atoms with van der Waals surface area (Å²) in [6.45, 7) is 3.71. The van der Waals surface area contributed by atoms with Gasteiger partial charge in [-0.1, -0.05) is 50.2 Å². The van der Waals surface area contributed by atoms with Gasteiger partial charge < -0.3 is 29.0 Å². The van der Waals surface area contributed by atoms with Crippen LogP contribution in [-0.2, 0) is 30.4 Å². The minimum Gasteiger partial charge on any atom is -0.493 e. The molecular formula is C26H34N2O8. The number of ether oxygens (including phenoxy) is 5. The summed E-state index contributed by atoms with van der Waals surface area (Å²) in [5.74, 6) is -0.157. The second-order valence-corrected chi connectivity index (χ2v) is 8.12. The zero-order chi connectivity index (χ0) is 26.5. The maximum atomic E-state index is 13.2. The van der Waals surface area contributed by atoms with E-state index >= 15 is 0 Å². The highest BCUT2D eigenvalue weighted by molar-refractivity contribution is 5.85. The van der Waals surface area contributed by atoms with Gasteiger partial charge >= 0.3 is 12.1 Å². The van der Waals surface area contributed by atoms with Gasteiger partial charge in [0.15, 0.2) is 11.5 Å². The van der Waals surface area contributed by atoms with Crippen LogP contribution < -0.4 is 20.1 Å². The van der Waals surface area contributed by atoms with Crippen molar-refractivity contribution in [1.82, 2.24) is 10.6 Å². The average Bonchev–Trinajstić information content (AvgIpc) is 2.89. The van der Waals surface area contributed by atoms with Gasteiger partial charge in [-0.3, -0.25) is 14.9 Å². The molecule has 2 atom stereocenters. The van der Waals surface area contributed by atoms with E-state index in [1.165, 1.54) is 21.3 Å². The molecule has 0 aliphatic heterocycles. The fourth-order valence-corrected chi connectivity index (χ4v) is 3.36. The lowest BCUT2D eigenvalue weighted by Crippen LogP contribution is -2.48. The third kappa shape index (κ3) is 8.46. The Kier molecular flexibility index (Phi) is 11.5. The Morgan fingerprint density at radius 3 is 2.19 bits per heavy atom. The summed E-state index contributed by atoms with van der Waals surface area (Å²) >= 11 is 0. The second-order valence-electron chi connectivity index (χ2n) is 8.12. The zero-order valence-corrected chi connectivity index (χ0v) is 21.2. The van der Waals surface area contributed by atoms with Gasteiger partial charge in [-0.25, -0.2) is 4.79 Å². The molecule has 2 aromatic rings. The van der Waals surface area contributed by atoms with Crippen molar-refractivity contribution < 1.29 is 38.1 Å². The molecule has 0 fully saturated rings. The van der Waals surface area contributed by atoms with Gasteiger partial charge in [0.2, 0.25) is 5.91 Å². The minimum atomic E-state index is -0.929. The van der Waals surface area contributed by atoms with Crippen molar-refractivity contribution in [3.05, 3.63) is 59.7 Å². The van der Waals surface area contributed by atoms with E-state index < -0.39 is 30.1 Å². The van der Waals surface area contributed by atoms with Crippen LogP contribution in [0.3, 0.4) is 0 Å². The molecule has 0 heterocycles. The van der Waals surface area contributed by atoms with Crippen LogP contribution >= 0.6 is 0 Å². The van der Waals surface area contributed by atoms with Gasteiger partial charge in [-0.15, -0.1) is 0 Å². The summed E-state index contributed by atoms with van der Waals surface area (Å²) < 4.78 is 25.6. The summed E-state index contributed by atoms with van der Waals surface area (Å²) in [6.07, 6.45) is -0.840. The Morgan fingerprint density at radius 1 is 0.889 bits per heavy atom. The molecule has 1 unspecified atom stereocenters. The van der Waals surface area contributed by atoms with Gasteiger partial charge in [-0.2, -0.15) is 0 Å². The monoisotopic (exact) mass is 502 g/mol. The molecule has 196 valence electrons. The van der Waals surface area contributed by atoms with Gasteiger partial charge in [-0.05, 0) is 29.2 Å². The lowest BCUT2D eigenvalue weighted by molar-refractivity contribution is -0.144. The maximum Gasteiger partial charge on any atom is 0.508 e. The second kappa shape index (κ2) is 14.6. The molecule has 2 aromatic carbocycles. The van der Waals surface area contributed by atoms with Crippen LogP contribution in [0.2, 0.25) is 0 Å². The zero-order valence-electron chi connectivity index (χ0n) is 21.2. The quantitative estimate of drug-likeness (QED) is 0.314. The predicted molar refractivity (Wildman–Crippen MR) is 132 cm³/mol. The van der Waals surface area contributed by atoms with Crippen LogP contribution in [0.5, 0.6) is 11.5 Å². The summed E-state index contributed by atoms with van der Waals surface area (Å²) in [4.78, 5) is 37.3. The van der Waals surface area contributed by atoms with Crippen LogP contribution in [-0.4, -0.2) is 58.6 Å². The SMILES string of the molecule is COC(=O)[C@@H](NC(C(=O)NCCOC(=O)OCc1ccccc1)c1ccc(OC)c(OC)c1)C(C)C. The highest BCUT2D eigenvalue weighted by Crippen LogP contribution is 2.30. The molecule has 0 aromatic heterocycles. The Balaban J connectivity index is 2.04. The Morgan fingerprint density at radius 2 is 1.58 bits per heavy atom. The van der Waals surface area contributed by atoms with E-state index in [1.807, 2.05) is 44.2 Å². The molecule has 2 N–H and O–H groups in total. The molecule has 0 aliphatic carbocycles. The molecule has 10 heteroatoms. The van der Waals surface area contributed by atoms with Crippen LogP contribution in [0.1, 0.15) is 31.0 Å². The van der Waals surface area contributed by atoms with E-state index in [9.17, 15) is 14.4 Å². The van der Waals surface area contributed by atoms with E-state index in [0.717, 1.165) is 5.56 Å². The van der Waals surface area contributed by atoms with Crippen molar-refractivity contribution in [2.75, 3.05) is 34.5 Å². The standard InChI is InChI=1S/C26H34N2O8/c1-17(2)22(25(30)34-5)28-23(19-11-12-20(32-3)21(15-19)33-4)24(29)27-13-14-35-26(31)36-16-18-9-7-6-8-10-18/h6-12,15,17,22-23,28H,13-14,16H2,1-5H3,(H,27,29)/t22-,23?/m0/s1. The predicted octanol–water partition coefficient (Wildman–Crippen LogP) is 3.00. The molecule has 10 nitrogen and oxygen atoms in total. The summed E-state index contributed by atoms with van der Waals surface area (Å²) in [5.41, 5.74) is 1.37. The summed E-state index contributed by atoms with van der Waals surface area (Å²) in [6, 6.07) is 12.5. The molecule has 0 spiro atoms. The first-order valence-electron chi connectivity index (χ1n) is 11.5. The summed E-state index contributed by atoms with van der Waals surface area (Å²) in [7, 11) is 4.29. The van der Waals surface area contributed by atoms with Gasteiger partial charge in [0.05, 0.1) is 27.9 Å². The van der Waals surface area contributed by atoms with E-state index in [-0.39, 0.29) is 25.7 Å². The number of amides is 1. The molecule has 36 heavy (non-hydrogen) atoms. The number of carbonyl (C=O) groups excluding carboxylic acids is 3. The number of carbonyl (C=O) groups is 3. The van der Waals surface area contributed by atoms with Gasteiger partial charge in [0.25, 0.3) is 0 Å². The highest BCUT2D eigenvalue weighted by Gasteiger charge is 2.31. The van der Waals surface area contributed by atoms with Crippen LogP contribution in [0.4, 0.5) is 4.79 Å².